The van der Waals surface area contributed by atoms with E-state index in [2.05, 4.69) is 11.8 Å². The van der Waals surface area contributed by atoms with Crippen molar-refractivity contribution in [1.82, 2.24) is 14.7 Å². The average molecular weight is 500 g/mol. The van der Waals surface area contributed by atoms with Gasteiger partial charge >= 0.3 is 0 Å². The molecule has 3 rings (SSSR count). The summed E-state index contributed by atoms with van der Waals surface area (Å²) in [6.07, 6.45) is 2.04. The summed E-state index contributed by atoms with van der Waals surface area (Å²) in [6, 6.07) is 16.0. The molecule has 0 aliphatic heterocycles. The molecule has 0 spiro atoms. The predicted octanol–water partition coefficient (Wildman–Crippen LogP) is 4.99. The van der Waals surface area contributed by atoms with Crippen molar-refractivity contribution in [1.29, 1.82) is 0 Å². The molecule has 1 N–H and O–H groups in total. The number of rotatable bonds is 16. The summed E-state index contributed by atoms with van der Waals surface area (Å²) in [4.78, 5) is 2.09. The molecule has 2 aromatic carbocycles. The second-order valence-electron chi connectivity index (χ2n) is 8.67. The molecule has 36 heavy (non-hydrogen) atoms. The fourth-order valence-electron chi connectivity index (χ4n) is 3.90. The first-order chi connectivity index (χ1) is 17.6. The van der Waals surface area contributed by atoms with Gasteiger partial charge in [-0.2, -0.15) is 5.10 Å². The Hall–Kier alpha value is -2.78. The summed E-state index contributed by atoms with van der Waals surface area (Å²) in [5.41, 5.74) is 2.51. The van der Waals surface area contributed by atoms with E-state index in [0.717, 1.165) is 29.8 Å². The van der Waals surface area contributed by atoms with Crippen molar-refractivity contribution in [2.45, 2.75) is 45.8 Å². The molecule has 0 unspecified atom stereocenters. The largest absolute Gasteiger partial charge is 0.435 e. The van der Waals surface area contributed by atoms with Crippen LogP contribution in [-0.2, 0) is 22.4 Å². The van der Waals surface area contributed by atoms with Gasteiger partial charge in [0.1, 0.15) is 0 Å². The number of benzene rings is 2. The minimum Gasteiger partial charge on any atom is -0.435 e. The van der Waals surface area contributed by atoms with Crippen molar-refractivity contribution < 1.29 is 23.7 Å². The van der Waals surface area contributed by atoms with E-state index in [4.69, 9.17) is 19.3 Å². The van der Waals surface area contributed by atoms with Gasteiger partial charge in [0.25, 0.3) is 0 Å². The Kier molecular flexibility index (Phi) is 11.4. The Morgan fingerprint density at radius 1 is 1.06 bits per heavy atom. The van der Waals surface area contributed by atoms with Crippen molar-refractivity contribution in [3.8, 4) is 17.3 Å². The lowest BCUT2D eigenvalue weighted by Gasteiger charge is -2.25. The van der Waals surface area contributed by atoms with E-state index < -0.39 is 11.9 Å². The molecule has 0 saturated heterocycles. The lowest BCUT2D eigenvalue weighted by molar-refractivity contribution is 0.0100. The first-order valence-corrected chi connectivity index (χ1v) is 12.6. The average Bonchev–Trinajstić information content (AvgIpc) is 3.23. The maximum Gasteiger partial charge on any atom is 0.227 e. The topological polar surface area (TPSA) is 69.0 Å². The molecule has 1 heterocycles. The highest BCUT2D eigenvalue weighted by Crippen LogP contribution is 2.33. The van der Waals surface area contributed by atoms with Crippen molar-refractivity contribution >= 4 is 0 Å². The van der Waals surface area contributed by atoms with Crippen LogP contribution in [0.1, 0.15) is 37.9 Å². The number of para-hydroxylation sites is 2. The van der Waals surface area contributed by atoms with E-state index in [1.807, 2.05) is 37.3 Å². The molecule has 0 saturated carbocycles. The third-order valence-corrected chi connectivity index (χ3v) is 5.81. The Morgan fingerprint density at radius 3 is 2.50 bits per heavy atom. The second-order valence-corrected chi connectivity index (χ2v) is 8.67. The van der Waals surface area contributed by atoms with Crippen LogP contribution in [0, 0.1) is 5.82 Å². The van der Waals surface area contributed by atoms with Crippen LogP contribution in [0.25, 0.3) is 5.69 Å². The summed E-state index contributed by atoms with van der Waals surface area (Å²) in [7, 11) is 1.65. The number of ether oxygens (including phenoxy) is 3. The highest BCUT2D eigenvalue weighted by molar-refractivity contribution is 5.44. The maximum absolute atomic E-state index is 14.6. The normalized spacial score (nSPS) is 12.3. The van der Waals surface area contributed by atoms with Crippen LogP contribution in [0.3, 0.4) is 0 Å². The molecule has 0 aliphatic carbocycles. The van der Waals surface area contributed by atoms with E-state index in [1.165, 1.54) is 6.07 Å². The number of aliphatic hydroxyl groups excluding tert-OH is 1. The SMILES string of the molecule is CCCCOC[C@H](O)CN(CCOC)Cc1c(CC)nn(-c2ccccc2)c1Oc1ccccc1F. The first kappa shape index (κ1) is 27.8. The summed E-state index contributed by atoms with van der Waals surface area (Å²) in [5, 5.41) is 15.5. The van der Waals surface area contributed by atoms with Crippen LogP contribution in [0.5, 0.6) is 11.6 Å². The molecule has 196 valence electrons. The molecular weight excluding hydrogens is 461 g/mol. The molecule has 0 aliphatic rings. The van der Waals surface area contributed by atoms with E-state index in [9.17, 15) is 9.50 Å². The number of aromatic nitrogens is 2. The van der Waals surface area contributed by atoms with Gasteiger partial charge in [0.15, 0.2) is 11.6 Å². The number of nitrogens with zero attached hydrogens (tertiary/aromatic N) is 3. The summed E-state index contributed by atoms with van der Waals surface area (Å²) >= 11 is 0. The number of halogens is 1. The number of hydrogen-bond acceptors (Lipinski definition) is 6. The van der Waals surface area contributed by atoms with Gasteiger partial charge < -0.3 is 19.3 Å². The lowest BCUT2D eigenvalue weighted by Crippen LogP contribution is -2.37. The van der Waals surface area contributed by atoms with Crippen LogP contribution < -0.4 is 4.74 Å². The van der Waals surface area contributed by atoms with Gasteiger partial charge in [0.05, 0.1) is 36.3 Å². The van der Waals surface area contributed by atoms with Gasteiger partial charge in [0, 0.05) is 33.4 Å². The summed E-state index contributed by atoms with van der Waals surface area (Å²) < 4.78 is 33.4. The molecule has 7 nitrogen and oxygen atoms in total. The molecule has 1 atom stereocenters. The Morgan fingerprint density at radius 2 is 1.81 bits per heavy atom. The smallest absolute Gasteiger partial charge is 0.227 e. The predicted molar refractivity (Wildman–Crippen MR) is 138 cm³/mol. The number of unbranched alkanes of at least 4 members (excludes halogenated alkanes) is 1. The molecule has 0 radical (unpaired) electrons. The molecule has 0 amide bonds. The van der Waals surface area contributed by atoms with Crippen molar-refractivity contribution in [3.05, 3.63) is 71.7 Å². The molecule has 8 heteroatoms. The van der Waals surface area contributed by atoms with Gasteiger partial charge in [-0.05, 0) is 37.1 Å². The van der Waals surface area contributed by atoms with E-state index >= 15 is 0 Å². The molecule has 1 aromatic heterocycles. The number of aliphatic hydroxyl groups is 1. The van der Waals surface area contributed by atoms with Crippen LogP contribution >= 0.6 is 0 Å². The zero-order chi connectivity index (χ0) is 25.8. The van der Waals surface area contributed by atoms with Gasteiger partial charge in [-0.25, -0.2) is 9.07 Å². The van der Waals surface area contributed by atoms with Crippen molar-refractivity contribution in [2.24, 2.45) is 0 Å². The Balaban J connectivity index is 1.93. The van der Waals surface area contributed by atoms with Crippen molar-refractivity contribution in [3.63, 3.8) is 0 Å². The fraction of sp³-hybridized carbons (Fsp3) is 0.464. The maximum atomic E-state index is 14.6. The highest BCUT2D eigenvalue weighted by atomic mass is 19.1. The third-order valence-electron chi connectivity index (χ3n) is 5.81. The van der Waals surface area contributed by atoms with Gasteiger partial charge in [-0.3, -0.25) is 4.90 Å². The van der Waals surface area contributed by atoms with Crippen LogP contribution in [-0.4, -0.2) is 65.9 Å². The zero-order valence-corrected chi connectivity index (χ0v) is 21.5. The fourth-order valence-corrected chi connectivity index (χ4v) is 3.90. The minimum absolute atomic E-state index is 0.131. The lowest BCUT2D eigenvalue weighted by atomic mass is 10.1. The van der Waals surface area contributed by atoms with E-state index in [1.54, 1.807) is 30.0 Å². The Labute approximate surface area is 213 Å². The minimum atomic E-state index is -0.649. The van der Waals surface area contributed by atoms with Gasteiger partial charge in [0.2, 0.25) is 5.88 Å². The van der Waals surface area contributed by atoms with Crippen molar-refractivity contribution in [2.75, 3.05) is 40.0 Å². The molecular formula is C28H38FN3O4. The summed E-state index contributed by atoms with van der Waals surface area (Å²) in [5.74, 6) is 0.142. The van der Waals surface area contributed by atoms with Gasteiger partial charge in [-0.1, -0.05) is 50.6 Å². The number of hydrogen-bond donors (Lipinski definition) is 1. The van der Waals surface area contributed by atoms with E-state index in [0.29, 0.717) is 45.1 Å². The van der Waals surface area contributed by atoms with Gasteiger partial charge in [-0.15, -0.1) is 0 Å². The number of aryl methyl sites for hydroxylation is 1. The van der Waals surface area contributed by atoms with Crippen LogP contribution in [0.4, 0.5) is 4.39 Å². The van der Waals surface area contributed by atoms with E-state index in [-0.39, 0.29) is 12.4 Å². The van der Waals surface area contributed by atoms with Crippen LogP contribution in [0.15, 0.2) is 54.6 Å². The quantitative estimate of drug-likeness (QED) is 0.280. The molecule has 3 aromatic rings. The zero-order valence-electron chi connectivity index (χ0n) is 21.5. The standard InChI is InChI=1S/C28H38FN3O4/c1-4-6-17-35-21-23(33)19-31(16-18-34-3)20-24-26(5-2)30-32(22-12-8-7-9-13-22)28(24)36-27-15-11-10-14-25(27)29/h7-15,23,33H,4-6,16-21H2,1-3H3/t23-/m1/s1. The van der Waals surface area contributed by atoms with Crippen LogP contribution in [0.2, 0.25) is 0 Å². The molecule has 0 fully saturated rings. The highest BCUT2D eigenvalue weighted by Gasteiger charge is 2.24. The first-order valence-electron chi connectivity index (χ1n) is 12.6. The Bertz CT molecular complexity index is 1040. The number of methoxy groups -OCH3 is 1. The second kappa shape index (κ2) is 14.7. The monoisotopic (exact) mass is 499 g/mol. The third kappa shape index (κ3) is 7.86. The molecule has 0 bridgehead atoms. The summed E-state index contributed by atoms with van der Waals surface area (Å²) in [6.45, 7) is 6.99.